The summed E-state index contributed by atoms with van der Waals surface area (Å²) in [7, 11) is -0.487. The van der Waals surface area contributed by atoms with Gasteiger partial charge in [0.1, 0.15) is 5.82 Å². The molecule has 2 aliphatic heterocycles. The Morgan fingerprint density at radius 2 is 1.42 bits per heavy atom. The highest BCUT2D eigenvalue weighted by molar-refractivity contribution is 6.80. The van der Waals surface area contributed by atoms with Crippen molar-refractivity contribution in [3.8, 4) is 0 Å². The van der Waals surface area contributed by atoms with Gasteiger partial charge < -0.3 is 19.8 Å². The van der Waals surface area contributed by atoms with E-state index >= 15 is 0 Å². The average Bonchev–Trinajstić information content (AvgIpc) is 2.94. The number of hydrogen-bond acceptors (Lipinski definition) is 4. The van der Waals surface area contributed by atoms with Crippen LogP contribution < -0.4 is 10.5 Å². The lowest BCUT2D eigenvalue weighted by Crippen LogP contribution is -2.49. The van der Waals surface area contributed by atoms with Gasteiger partial charge in [-0.15, -0.1) is 0 Å². The second kappa shape index (κ2) is 7.28. The molecule has 1 atom stereocenters. The molecule has 2 heterocycles. The van der Waals surface area contributed by atoms with Gasteiger partial charge in [-0.1, -0.05) is 42.5 Å². The summed E-state index contributed by atoms with van der Waals surface area (Å²) in [5, 5.41) is 9.62. The Labute approximate surface area is 183 Å². The van der Waals surface area contributed by atoms with Gasteiger partial charge in [-0.2, -0.15) is 0 Å². The van der Waals surface area contributed by atoms with Crippen LogP contribution in [0.5, 0.6) is 0 Å². The summed E-state index contributed by atoms with van der Waals surface area (Å²) in [6.45, 7) is 8.00. The number of rotatable bonds is 4. The van der Waals surface area contributed by atoms with Crippen LogP contribution in [0.1, 0.15) is 33.3 Å². The molecule has 0 unspecified atom stereocenters. The lowest BCUT2D eigenvalue weighted by molar-refractivity contribution is 0.00578. The zero-order chi connectivity index (χ0) is 21.8. The first kappa shape index (κ1) is 20.4. The van der Waals surface area contributed by atoms with Crippen molar-refractivity contribution in [1.29, 1.82) is 0 Å². The maximum atomic E-state index is 14.6. The fourth-order valence-corrected chi connectivity index (χ4v) is 4.52. The van der Waals surface area contributed by atoms with Gasteiger partial charge in [0.05, 0.1) is 11.2 Å². The maximum absolute atomic E-state index is 14.6. The molecule has 0 aromatic heterocycles. The molecule has 0 amide bonds. The van der Waals surface area contributed by atoms with E-state index in [1.165, 1.54) is 16.8 Å². The summed E-state index contributed by atoms with van der Waals surface area (Å²) in [5.74, 6) is -0.206. The first-order valence-corrected chi connectivity index (χ1v) is 10.9. The second-order valence-corrected chi connectivity index (χ2v) is 9.56. The summed E-state index contributed by atoms with van der Waals surface area (Å²) < 4.78 is 27.5. The molecule has 2 N–H and O–H groups in total. The van der Waals surface area contributed by atoms with Crippen LogP contribution in [-0.4, -0.2) is 25.3 Å². The SMILES string of the molecule is CC1(C)OB([C@@H](Cc2ccccc2F)B2Nc3cccc4cccc(c34)N2)OC1(C)C. The van der Waals surface area contributed by atoms with Gasteiger partial charge in [0, 0.05) is 22.5 Å². The number of halogens is 1. The largest absolute Gasteiger partial charge is 0.457 e. The van der Waals surface area contributed by atoms with Crippen LogP contribution in [0.3, 0.4) is 0 Å². The van der Waals surface area contributed by atoms with Gasteiger partial charge >= 0.3 is 14.1 Å². The first-order valence-electron chi connectivity index (χ1n) is 10.9. The topological polar surface area (TPSA) is 42.5 Å². The van der Waals surface area contributed by atoms with Crippen molar-refractivity contribution in [2.45, 2.75) is 51.0 Å². The van der Waals surface area contributed by atoms with E-state index in [1.54, 1.807) is 6.07 Å². The van der Waals surface area contributed by atoms with Crippen LogP contribution in [0.25, 0.3) is 10.8 Å². The molecular weight excluding hydrogens is 389 g/mol. The summed E-state index contributed by atoms with van der Waals surface area (Å²) in [5.41, 5.74) is 1.69. The third-order valence-electron chi connectivity index (χ3n) is 6.99. The van der Waals surface area contributed by atoms with E-state index in [9.17, 15) is 4.39 Å². The summed E-state index contributed by atoms with van der Waals surface area (Å²) in [4.78, 5) is 0. The van der Waals surface area contributed by atoms with Crippen molar-refractivity contribution in [3.05, 3.63) is 72.0 Å². The molecule has 3 aromatic rings. The van der Waals surface area contributed by atoms with Crippen molar-refractivity contribution in [3.63, 3.8) is 0 Å². The Bertz CT molecular complexity index is 1080. The highest BCUT2D eigenvalue weighted by atomic mass is 19.1. The molecule has 31 heavy (non-hydrogen) atoms. The van der Waals surface area contributed by atoms with Gasteiger partial charge in [0.25, 0.3) is 0 Å². The van der Waals surface area contributed by atoms with Crippen molar-refractivity contribution in [2.24, 2.45) is 0 Å². The first-order chi connectivity index (χ1) is 14.7. The van der Waals surface area contributed by atoms with Crippen molar-refractivity contribution in [2.75, 3.05) is 10.5 Å². The van der Waals surface area contributed by atoms with Gasteiger partial charge in [-0.05, 0) is 63.3 Å². The van der Waals surface area contributed by atoms with Crippen LogP contribution in [0, 0.1) is 5.82 Å². The molecule has 158 valence electrons. The Morgan fingerprint density at radius 3 is 2.00 bits per heavy atom. The van der Waals surface area contributed by atoms with Crippen molar-refractivity contribution < 1.29 is 13.7 Å². The minimum absolute atomic E-state index is 0.165. The molecule has 7 heteroatoms. The lowest BCUT2D eigenvalue weighted by Gasteiger charge is -2.33. The zero-order valence-corrected chi connectivity index (χ0v) is 18.4. The predicted octanol–water partition coefficient (Wildman–Crippen LogP) is 5.55. The second-order valence-electron chi connectivity index (χ2n) is 9.56. The fourth-order valence-electron chi connectivity index (χ4n) is 4.52. The molecule has 0 saturated carbocycles. The normalized spacial score (nSPS) is 19.8. The molecule has 1 fully saturated rings. The van der Waals surface area contributed by atoms with E-state index in [-0.39, 0.29) is 18.5 Å². The Hall–Kier alpha value is -2.50. The molecule has 2 aliphatic rings. The van der Waals surface area contributed by atoms with Crippen LogP contribution in [0.4, 0.5) is 15.8 Å². The molecule has 4 nitrogen and oxygen atoms in total. The van der Waals surface area contributed by atoms with Gasteiger partial charge in [-0.3, -0.25) is 0 Å². The fraction of sp³-hybridized carbons (Fsp3) is 0.333. The highest BCUT2D eigenvalue weighted by Gasteiger charge is 2.56. The van der Waals surface area contributed by atoms with E-state index < -0.39 is 18.3 Å². The van der Waals surface area contributed by atoms with E-state index in [0.717, 1.165) is 11.4 Å². The third kappa shape index (κ3) is 3.50. The third-order valence-corrected chi connectivity index (χ3v) is 6.99. The molecule has 3 aromatic carbocycles. The molecule has 5 rings (SSSR count). The van der Waals surface area contributed by atoms with Gasteiger partial charge in [0.15, 0.2) is 0 Å². The zero-order valence-electron chi connectivity index (χ0n) is 18.4. The molecule has 0 aliphatic carbocycles. The predicted molar refractivity (Wildman–Crippen MR) is 127 cm³/mol. The Balaban J connectivity index is 1.53. The van der Waals surface area contributed by atoms with Crippen LogP contribution in [0.2, 0.25) is 5.72 Å². The molecule has 0 radical (unpaired) electrons. The number of nitrogens with one attached hydrogen (secondary N) is 2. The summed E-state index contributed by atoms with van der Waals surface area (Å²) >= 11 is 0. The summed E-state index contributed by atoms with van der Waals surface area (Å²) in [6, 6.07) is 19.4. The summed E-state index contributed by atoms with van der Waals surface area (Å²) in [6.07, 6.45) is 0.478. The van der Waals surface area contributed by atoms with E-state index in [1.807, 2.05) is 39.8 Å². The molecule has 0 spiro atoms. The van der Waals surface area contributed by atoms with E-state index in [0.29, 0.717) is 12.0 Å². The minimum atomic E-state index is -0.487. The average molecular weight is 416 g/mol. The Morgan fingerprint density at radius 1 is 0.839 bits per heavy atom. The van der Waals surface area contributed by atoms with Crippen LogP contribution in [-0.2, 0) is 15.7 Å². The molecule has 0 bridgehead atoms. The molecule has 1 saturated heterocycles. The highest BCUT2D eigenvalue weighted by Crippen LogP contribution is 2.43. The van der Waals surface area contributed by atoms with Gasteiger partial charge in [-0.25, -0.2) is 4.39 Å². The van der Waals surface area contributed by atoms with Crippen molar-refractivity contribution >= 4 is 36.2 Å². The standard InChI is InChI=1S/C24H27B2FN2O2/c1-23(2)24(3,4)31-26(30-23)21(15-17-9-5-6-12-18(17)27)25-28-19-13-7-10-16-11-8-14-20(29-25)22(16)19/h5-14,21,28-29H,15H2,1-4H3/t21-/m0/s1. The quantitative estimate of drug-likeness (QED) is 0.548. The minimum Gasteiger partial charge on any atom is -0.409 e. The lowest BCUT2D eigenvalue weighted by atomic mass is 9.44. The Kier molecular flexibility index (Phi) is 4.79. The maximum Gasteiger partial charge on any atom is 0.457 e. The van der Waals surface area contributed by atoms with E-state index in [4.69, 9.17) is 9.31 Å². The molecular formula is C24H27B2FN2O2. The van der Waals surface area contributed by atoms with Crippen molar-refractivity contribution in [1.82, 2.24) is 0 Å². The smallest absolute Gasteiger partial charge is 0.409 e. The number of anilines is 2. The van der Waals surface area contributed by atoms with E-state index in [2.05, 4.69) is 46.9 Å². The van der Waals surface area contributed by atoms with Gasteiger partial charge in [0.2, 0.25) is 0 Å². The van der Waals surface area contributed by atoms with Crippen LogP contribution >= 0.6 is 0 Å². The van der Waals surface area contributed by atoms with Crippen LogP contribution in [0.15, 0.2) is 60.7 Å². The number of benzene rings is 3. The number of hydrogen-bond donors (Lipinski definition) is 2. The monoisotopic (exact) mass is 416 g/mol.